The number of hydrogen-bond acceptors (Lipinski definition) is 8. The summed E-state index contributed by atoms with van der Waals surface area (Å²) in [5, 5.41) is 4.46. The Morgan fingerprint density at radius 2 is 2.00 bits per heavy atom. The van der Waals surface area contributed by atoms with Crippen molar-refractivity contribution in [2.45, 2.75) is 15.2 Å². The molecule has 0 radical (unpaired) electrons. The molecule has 24 heavy (non-hydrogen) atoms. The SMILES string of the molecule is CSc1nn(CN2CCN(S(=O)(=O)c3ccc(Br)s3)CC2)c(=S)s1. The van der Waals surface area contributed by atoms with E-state index in [4.69, 9.17) is 12.2 Å². The largest absolute Gasteiger partial charge is 0.282 e. The van der Waals surface area contributed by atoms with Gasteiger partial charge in [0, 0.05) is 26.2 Å². The van der Waals surface area contributed by atoms with Crippen LogP contribution >= 0.6 is 62.6 Å². The maximum atomic E-state index is 12.6. The summed E-state index contributed by atoms with van der Waals surface area (Å²) >= 11 is 13.0. The fraction of sp³-hybridized carbons (Fsp3) is 0.500. The number of rotatable bonds is 5. The van der Waals surface area contributed by atoms with Crippen LogP contribution in [-0.2, 0) is 16.7 Å². The molecule has 0 N–H and O–H groups in total. The first-order valence-electron chi connectivity index (χ1n) is 7.00. The van der Waals surface area contributed by atoms with Gasteiger partial charge in [0.15, 0.2) is 8.29 Å². The number of sulfonamides is 1. The third-order valence-corrected chi connectivity index (χ3v) is 9.84. The lowest BCUT2D eigenvalue weighted by Crippen LogP contribution is -2.48. The number of thioether (sulfide) groups is 1. The van der Waals surface area contributed by atoms with Crippen LogP contribution in [0, 0.1) is 3.95 Å². The van der Waals surface area contributed by atoms with Crippen LogP contribution in [0.15, 0.2) is 24.5 Å². The molecule has 1 aliphatic heterocycles. The second-order valence-corrected chi connectivity index (χ2v) is 12.4. The molecule has 6 nitrogen and oxygen atoms in total. The molecule has 12 heteroatoms. The molecule has 0 aromatic carbocycles. The van der Waals surface area contributed by atoms with Crippen LogP contribution in [0.4, 0.5) is 0 Å². The van der Waals surface area contributed by atoms with Gasteiger partial charge in [-0.15, -0.1) is 11.3 Å². The summed E-state index contributed by atoms with van der Waals surface area (Å²) < 4.78 is 31.5. The lowest BCUT2D eigenvalue weighted by molar-refractivity contribution is 0.144. The second kappa shape index (κ2) is 7.82. The van der Waals surface area contributed by atoms with Gasteiger partial charge in [-0.3, -0.25) is 4.90 Å². The minimum Gasteiger partial charge on any atom is -0.282 e. The van der Waals surface area contributed by atoms with Crippen LogP contribution in [0.25, 0.3) is 0 Å². The third kappa shape index (κ3) is 4.11. The molecule has 132 valence electrons. The standard InChI is InChI=1S/C12H15BrN4O2S5/c1-21-11-14-17(12(20)23-11)8-15-4-6-16(7-5-15)24(18,19)10-3-2-9(13)22-10/h2-3H,4-8H2,1H3. The molecule has 0 amide bonds. The van der Waals surface area contributed by atoms with Crippen LogP contribution in [0.3, 0.4) is 0 Å². The molecule has 1 fully saturated rings. The van der Waals surface area contributed by atoms with E-state index in [9.17, 15) is 8.42 Å². The van der Waals surface area contributed by atoms with E-state index in [1.165, 1.54) is 22.7 Å². The van der Waals surface area contributed by atoms with E-state index in [0.29, 0.717) is 37.1 Å². The van der Waals surface area contributed by atoms with Crippen molar-refractivity contribution in [3.63, 3.8) is 0 Å². The van der Waals surface area contributed by atoms with E-state index >= 15 is 0 Å². The van der Waals surface area contributed by atoms with Crippen molar-refractivity contribution in [1.29, 1.82) is 0 Å². The molecule has 1 saturated heterocycles. The molecule has 0 aliphatic carbocycles. The lowest BCUT2D eigenvalue weighted by atomic mass is 10.4. The molecule has 2 aromatic heterocycles. The van der Waals surface area contributed by atoms with Gasteiger partial charge in [0.05, 0.1) is 10.5 Å². The van der Waals surface area contributed by atoms with Gasteiger partial charge >= 0.3 is 0 Å². The van der Waals surface area contributed by atoms with E-state index in [1.807, 2.05) is 10.9 Å². The summed E-state index contributed by atoms with van der Waals surface area (Å²) in [5.41, 5.74) is 0. The van der Waals surface area contributed by atoms with Crippen LogP contribution in [-0.4, -0.2) is 59.8 Å². The summed E-state index contributed by atoms with van der Waals surface area (Å²) in [6.45, 7) is 2.89. The van der Waals surface area contributed by atoms with Gasteiger partial charge < -0.3 is 0 Å². The molecule has 3 heterocycles. The van der Waals surface area contributed by atoms with Crippen molar-refractivity contribution in [1.82, 2.24) is 19.0 Å². The van der Waals surface area contributed by atoms with Crippen LogP contribution in [0.1, 0.15) is 0 Å². The number of thiophene rings is 1. The molecule has 0 bridgehead atoms. The third-order valence-electron chi connectivity index (χ3n) is 3.57. The van der Waals surface area contributed by atoms with Crippen molar-refractivity contribution in [2.75, 3.05) is 32.4 Å². The zero-order chi connectivity index (χ0) is 17.3. The minimum atomic E-state index is -3.39. The molecule has 1 aliphatic rings. The Bertz CT molecular complexity index is 866. The zero-order valence-electron chi connectivity index (χ0n) is 12.7. The van der Waals surface area contributed by atoms with E-state index < -0.39 is 10.0 Å². The summed E-state index contributed by atoms with van der Waals surface area (Å²) in [6, 6.07) is 3.41. The Morgan fingerprint density at radius 1 is 1.29 bits per heavy atom. The van der Waals surface area contributed by atoms with E-state index in [-0.39, 0.29) is 0 Å². The fourth-order valence-electron chi connectivity index (χ4n) is 2.32. The summed E-state index contributed by atoms with van der Waals surface area (Å²) in [5.74, 6) is 0. The Kier molecular flexibility index (Phi) is 6.18. The van der Waals surface area contributed by atoms with E-state index in [0.717, 1.165) is 12.1 Å². The average molecular weight is 488 g/mol. The molecule has 0 atom stereocenters. The molecular weight excluding hydrogens is 472 g/mol. The maximum Gasteiger partial charge on any atom is 0.252 e. The normalized spacial score (nSPS) is 17.4. The molecule has 2 aromatic rings. The minimum absolute atomic E-state index is 0.383. The smallest absolute Gasteiger partial charge is 0.252 e. The highest BCUT2D eigenvalue weighted by Gasteiger charge is 2.29. The number of hydrogen-bond donors (Lipinski definition) is 0. The Labute approximate surface area is 166 Å². The van der Waals surface area contributed by atoms with Gasteiger partial charge in [-0.05, 0) is 46.5 Å². The number of aromatic nitrogens is 2. The van der Waals surface area contributed by atoms with Crippen molar-refractivity contribution < 1.29 is 8.42 Å². The Hall–Kier alpha value is 0.180. The van der Waals surface area contributed by atoms with Crippen molar-refractivity contribution >= 4 is 72.6 Å². The zero-order valence-corrected chi connectivity index (χ0v) is 18.4. The lowest BCUT2D eigenvalue weighted by Gasteiger charge is -2.33. The fourth-order valence-corrected chi connectivity index (χ4v) is 7.65. The predicted molar refractivity (Wildman–Crippen MR) is 105 cm³/mol. The van der Waals surface area contributed by atoms with Gasteiger partial charge in [-0.1, -0.05) is 23.1 Å². The highest BCUT2D eigenvalue weighted by molar-refractivity contribution is 9.11. The van der Waals surface area contributed by atoms with Crippen LogP contribution < -0.4 is 0 Å². The first-order chi connectivity index (χ1) is 11.4. The van der Waals surface area contributed by atoms with Gasteiger partial charge in [-0.25, -0.2) is 13.1 Å². The molecule has 3 rings (SSSR count). The quantitative estimate of drug-likeness (QED) is 0.477. The van der Waals surface area contributed by atoms with Crippen LogP contribution in [0.5, 0.6) is 0 Å². The highest BCUT2D eigenvalue weighted by Crippen LogP contribution is 2.29. The first kappa shape index (κ1) is 19.0. The van der Waals surface area contributed by atoms with Gasteiger partial charge in [-0.2, -0.15) is 9.40 Å². The van der Waals surface area contributed by atoms with E-state index in [2.05, 4.69) is 25.9 Å². The summed E-state index contributed by atoms with van der Waals surface area (Å²) in [4.78, 5) is 2.18. The second-order valence-electron chi connectivity index (χ2n) is 5.06. The van der Waals surface area contributed by atoms with Crippen LogP contribution in [0.2, 0.25) is 0 Å². The van der Waals surface area contributed by atoms with Gasteiger partial charge in [0.2, 0.25) is 0 Å². The summed E-state index contributed by atoms with van der Waals surface area (Å²) in [7, 11) is -3.39. The Balaban J connectivity index is 1.63. The Morgan fingerprint density at radius 3 is 2.54 bits per heavy atom. The average Bonchev–Trinajstić information content (AvgIpc) is 3.15. The summed E-state index contributed by atoms with van der Waals surface area (Å²) in [6.07, 6.45) is 1.98. The van der Waals surface area contributed by atoms with E-state index in [1.54, 1.807) is 28.2 Å². The number of nitrogens with zero attached hydrogens (tertiary/aromatic N) is 4. The predicted octanol–water partition coefficient (Wildman–Crippen LogP) is 3.18. The van der Waals surface area contributed by atoms with Crippen molar-refractivity contribution in [3.05, 3.63) is 19.9 Å². The van der Waals surface area contributed by atoms with Gasteiger partial charge in [0.1, 0.15) is 4.21 Å². The number of halogens is 1. The monoisotopic (exact) mass is 486 g/mol. The van der Waals surface area contributed by atoms with Crippen molar-refractivity contribution in [2.24, 2.45) is 0 Å². The maximum absolute atomic E-state index is 12.6. The molecule has 0 spiro atoms. The van der Waals surface area contributed by atoms with Crippen molar-refractivity contribution in [3.8, 4) is 0 Å². The molecule has 0 unspecified atom stereocenters. The molecule has 0 saturated carbocycles. The number of piperazine rings is 1. The first-order valence-corrected chi connectivity index (χ1v) is 12.5. The van der Waals surface area contributed by atoms with Gasteiger partial charge in [0.25, 0.3) is 10.0 Å². The molecular formula is C12H15BrN4O2S5. The topological polar surface area (TPSA) is 58.4 Å². The highest BCUT2D eigenvalue weighted by atomic mass is 79.9.